The molecular formula is C20H26N2O3S. The highest BCUT2D eigenvalue weighted by Gasteiger charge is 2.25. The first-order valence-electron chi connectivity index (χ1n) is 8.91. The molecule has 1 unspecified atom stereocenters. The van der Waals surface area contributed by atoms with Crippen molar-refractivity contribution in [3.05, 3.63) is 40.3 Å². The number of aromatic nitrogens is 1. The maximum Gasteiger partial charge on any atom is 0.232 e. The van der Waals surface area contributed by atoms with Crippen molar-refractivity contribution in [2.75, 3.05) is 18.6 Å². The maximum atomic E-state index is 12.3. The Balaban J connectivity index is 1.57. The highest BCUT2D eigenvalue weighted by atomic mass is 32.1. The number of rotatable bonds is 5. The third-order valence-corrected chi connectivity index (χ3v) is 5.32. The Morgan fingerprint density at radius 1 is 1.35 bits per heavy atom. The molecule has 1 atom stereocenters. The van der Waals surface area contributed by atoms with Gasteiger partial charge in [-0.25, -0.2) is 4.98 Å². The van der Waals surface area contributed by atoms with E-state index in [9.17, 15) is 4.79 Å². The van der Waals surface area contributed by atoms with Gasteiger partial charge in [0.05, 0.1) is 5.69 Å². The fourth-order valence-electron chi connectivity index (χ4n) is 2.85. The van der Waals surface area contributed by atoms with Gasteiger partial charge in [0, 0.05) is 30.1 Å². The van der Waals surface area contributed by atoms with Crippen LogP contribution in [0.3, 0.4) is 0 Å². The predicted octanol–water partition coefficient (Wildman–Crippen LogP) is 4.58. The van der Waals surface area contributed by atoms with Gasteiger partial charge in [-0.1, -0.05) is 20.8 Å². The minimum atomic E-state index is -0.407. The number of nitrogens with zero attached hydrogens (tertiary/aromatic N) is 2. The molecule has 0 spiro atoms. The molecule has 0 radical (unpaired) electrons. The summed E-state index contributed by atoms with van der Waals surface area (Å²) in [6.45, 7) is 7.01. The number of carbonyl (C=O) groups is 1. The van der Waals surface area contributed by atoms with Crippen molar-refractivity contribution in [1.82, 2.24) is 4.98 Å². The predicted molar refractivity (Wildman–Crippen MR) is 104 cm³/mol. The molecule has 0 saturated carbocycles. The Morgan fingerprint density at radius 2 is 2.08 bits per heavy atom. The molecule has 26 heavy (non-hydrogen) atoms. The van der Waals surface area contributed by atoms with Gasteiger partial charge in [0.1, 0.15) is 23.5 Å². The van der Waals surface area contributed by atoms with Crippen LogP contribution < -0.4 is 9.64 Å². The molecule has 2 aromatic rings. The van der Waals surface area contributed by atoms with Crippen LogP contribution in [0.5, 0.6) is 5.75 Å². The lowest BCUT2D eigenvalue weighted by Crippen LogP contribution is -2.36. The van der Waals surface area contributed by atoms with Crippen LogP contribution in [-0.2, 0) is 16.1 Å². The topological polar surface area (TPSA) is 51.7 Å². The molecule has 6 heteroatoms. The van der Waals surface area contributed by atoms with Crippen LogP contribution in [0.2, 0.25) is 0 Å². The average Bonchev–Trinajstić information content (AvgIpc) is 3.29. The molecule has 1 aromatic heterocycles. The van der Waals surface area contributed by atoms with Crippen molar-refractivity contribution in [3.63, 3.8) is 0 Å². The number of hydrogen-bond acceptors (Lipinski definition) is 5. The lowest BCUT2D eigenvalue weighted by molar-refractivity contribution is -0.125. The van der Waals surface area contributed by atoms with E-state index in [1.54, 1.807) is 23.3 Å². The van der Waals surface area contributed by atoms with Crippen LogP contribution in [-0.4, -0.2) is 24.5 Å². The molecule has 0 bridgehead atoms. The monoisotopic (exact) mass is 374 g/mol. The second kappa shape index (κ2) is 7.76. The molecule has 1 aliphatic heterocycles. The van der Waals surface area contributed by atoms with Crippen LogP contribution in [0.4, 0.5) is 5.69 Å². The lowest BCUT2D eigenvalue weighted by atomic mass is 9.95. The first kappa shape index (κ1) is 18.9. The number of hydrogen-bond donors (Lipinski definition) is 0. The second-order valence-electron chi connectivity index (χ2n) is 7.58. The number of amides is 1. The quantitative estimate of drug-likeness (QED) is 0.768. The van der Waals surface area contributed by atoms with Gasteiger partial charge in [-0.15, -0.1) is 11.3 Å². The van der Waals surface area contributed by atoms with Gasteiger partial charge in [0.2, 0.25) is 5.91 Å². The Hall–Kier alpha value is -1.92. The fraction of sp³-hybridized carbons (Fsp3) is 0.500. The third kappa shape index (κ3) is 4.43. The van der Waals surface area contributed by atoms with E-state index in [1.807, 2.05) is 50.4 Å². The Morgan fingerprint density at radius 3 is 2.69 bits per heavy atom. The van der Waals surface area contributed by atoms with E-state index in [4.69, 9.17) is 9.47 Å². The van der Waals surface area contributed by atoms with E-state index in [1.165, 1.54) is 0 Å². The molecule has 0 aliphatic carbocycles. The van der Waals surface area contributed by atoms with Crippen LogP contribution in [0.25, 0.3) is 0 Å². The first-order chi connectivity index (χ1) is 12.3. The van der Waals surface area contributed by atoms with E-state index >= 15 is 0 Å². The third-order valence-electron chi connectivity index (χ3n) is 4.33. The fourth-order valence-corrected chi connectivity index (χ4v) is 3.74. The molecule has 3 rings (SSSR count). The van der Waals surface area contributed by atoms with E-state index in [0.717, 1.165) is 41.6 Å². The second-order valence-corrected chi connectivity index (χ2v) is 8.47. The summed E-state index contributed by atoms with van der Waals surface area (Å²) in [5, 5.41) is 3.07. The normalized spacial score (nSPS) is 17.3. The Bertz CT molecular complexity index is 743. The molecule has 1 saturated heterocycles. The van der Waals surface area contributed by atoms with Crippen LogP contribution in [0.1, 0.15) is 50.4 Å². The van der Waals surface area contributed by atoms with Gasteiger partial charge in [0.25, 0.3) is 0 Å². The lowest BCUT2D eigenvalue weighted by Gasteiger charge is -2.26. The molecule has 0 N–H and O–H groups in total. The highest BCUT2D eigenvalue weighted by molar-refractivity contribution is 7.09. The summed E-state index contributed by atoms with van der Waals surface area (Å²) in [4.78, 5) is 18.6. The summed E-state index contributed by atoms with van der Waals surface area (Å²) in [5.41, 5.74) is 1.37. The minimum absolute atomic E-state index is 0.0790. The Labute approximate surface area is 159 Å². The van der Waals surface area contributed by atoms with Crippen molar-refractivity contribution in [2.24, 2.45) is 5.41 Å². The maximum absolute atomic E-state index is 12.3. The summed E-state index contributed by atoms with van der Waals surface area (Å²) < 4.78 is 11.5. The number of benzene rings is 1. The van der Waals surface area contributed by atoms with E-state index in [0.29, 0.717) is 6.61 Å². The van der Waals surface area contributed by atoms with E-state index in [2.05, 4.69) is 4.98 Å². The summed E-state index contributed by atoms with van der Waals surface area (Å²) in [6, 6.07) is 7.57. The molecule has 140 valence electrons. The highest BCUT2D eigenvalue weighted by Crippen LogP contribution is 2.31. The molecule has 5 nitrogen and oxygen atoms in total. The van der Waals surface area contributed by atoms with Crippen molar-refractivity contribution in [2.45, 2.75) is 46.3 Å². The largest absolute Gasteiger partial charge is 0.487 e. The van der Waals surface area contributed by atoms with Crippen LogP contribution in [0.15, 0.2) is 29.6 Å². The summed E-state index contributed by atoms with van der Waals surface area (Å²) in [6.07, 6.45) is 2.31. The summed E-state index contributed by atoms with van der Waals surface area (Å²) >= 11 is 1.63. The smallest absolute Gasteiger partial charge is 0.232 e. The zero-order valence-corrected chi connectivity index (χ0v) is 16.6. The number of thiazole rings is 1. The van der Waals surface area contributed by atoms with Gasteiger partial charge in [-0.05, 0) is 37.1 Å². The van der Waals surface area contributed by atoms with Gasteiger partial charge in [0.15, 0.2) is 0 Å². The van der Waals surface area contributed by atoms with E-state index < -0.39 is 5.41 Å². The van der Waals surface area contributed by atoms with Crippen LogP contribution >= 0.6 is 11.3 Å². The minimum Gasteiger partial charge on any atom is -0.487 e. The van der Waals surface area contributed by atoms with Crippen LogP contribution in [0, 0.1) is 5.41 Å². The molecule has 1 aliphatic rings. The van der Waals surface area contributed by atoms with Gasteiger partial charge in [-0.2, -0.15) is 0 Å². The SMILES string of the molecule is CN(C(=O)C(C)(C)C)c1ccc(OCc2csc(C3CCCO3)n2)cc1. The van der Waals surface area contributed by atoms with Gasteiger partial charge in [-0.3, -0.25) is 4.79 Å². The van der Waals surface area contributed by atoms with E-state index in [-0.39, 0.29) is 12.0 Å². The summed E-state index contributed by atoms with van der Waals surface area (Å²) in [5.74, 6) is 0.840. The average molecular weight is 375 g/mol. The standard InChI is InChI=1S/C20H26N2O3S/c1-20(2,3)19(23)22(4)15-7-9-16(10-8-15)25-12-14-13-26-18(21-14)17-6-5-11-24-17/h7-10,13,17H,5-6,11-12H2,1-4H3. The number of anilines is 1. The van der Waals surface area contributed by atoms with Crippen molar-refractivity contribution in [3.8, 4) is 5.75 Å². The first-order valence-corrected chi connectivity index (χ1v) is 9.79. The van der Waals surface area contributed by atoms with Gasteiger partial charge >= 0.3 is 0 Å². The number of carbonyl (C=O) groups excluding carboxylic acids is 1. The molecule has 2 heterocycles. The molecule has 1 fully saturated rings. The summed E-state index contributed by atoms with van der Waals surface area (Å²) in [7, 11) is 1.80. The molecule has 1 aromatic carbocycles. The van der Waals surface area contributed by atoms with Crippen molar-refractivity contribution in [1.29, 1.82) is 0 Å². The Kier molecular flexibility index (Phi) is 5.63. The molecule has 1 amide bonds. The number of ether oxygens (including phenoxy) is 2. The van der Waals surface area contributed by atoms with Gasteiger partial charge < -0.3 is 14.4 Å². The zero-order chi connectivity index (χ0) is 18.7. The van der Waals surface area contributed by atoms with Crippen molar-refractivity contribution < 1.29 is 14.3 Å². The molecular weight excluding hydrogens is 348 g/mol. The van der Waals surface area contributed by atoms with Crippen molar-refractivity contribution >= 4 is 22.9 Å². The zero-order valence-electron chi connectivity index (χ0n) is 15.8.